The second-order valence-corrected chi connectivity index (χ2v) is 7.46. The SMILES string of the molecule is CCC1(CO)CCN(C(=O)CCCc2ccc3c(c2)CC(=O)N3)CC1. The highest BCUT2D eigenvalue weighted by atomic mass is 16.3. The molecule has 0 atom stereocenters. The number of carbonyl (C=O) groups excluding carboxylic acids is 2. The largest absolute Gasteiger partial charge is 0.396 e. The van der Waals surface area contributed by atoms with Crippen molar-refractivity contribution in [2.45, 2.75) is 51.9 Å². The number of rotatable bonds is 6. The van der Waals surface area contributed by atoms with Gasteiger partial charge in [0, 0.05) is 31.8 Å². The number of fused-ring (bicyclic) bond motifs is 1. The van der Waals surface area contributed by atoms with Crippen LogP contribution in [0.3, 0.4) is 0 Å². The third-order valence-electron chi connectivity index (χ3n) is 5.91. The van der Waals surface area contributed by atoms with Gasteiger partial charge in [0.05, 0.1) is 6.42 Å². The molecule has 1 aromatic carbocycles. The van der Waals surface area contributed by atoms with Crippen LogP contribution >= 0.6 is 0 Å². The van der Waals surface area contributed by atoms with Crippen LogP contribution in [-0.2, 0) is 22.4 Å². The van der Waals surface area contributed by atoms with E-state index in [4.69, 9.17) is 0 Å². The zero-order valence-electron chi connectivity index (χ0n) is 15.0. The van der Waals surface area contributed by atoms with Crippen LogP contribution in [0.15, 0.2) is 18.2 Å². The Kier molecular flexibility index (Phi) is 5.42. The smallest absolute Gasteiger partial charge is 0.228 e. The van der Waals surface area contributed by atoms with E-state index in [1.54, 1.807) is 0 Å². The minimum absolute atomic E-state index is 0.0205. The van der Waals surface area contributed by atoms with Crippen LogP contribution in [0.1, 0.15) is 50.2 Å². The summed E-state index contributed by atoms with van der Waals surface area (Å²) in [6.45, 7) is 3.87. The number of nitrogens with one attached hydrogen (secondary N) is 1. The lowest BCUT2D eigenvalue weighted by Crippen LogP contribution is -2.44. The van der Waals surface area contributed by atoms with Crippen molar-refractivity contribution >= 4 is 17.5 Å². The Morgan fingerprint density at radius 2 is 2.08 bits per heavy atom. The highest BCUT2D eigenvalue weighted by Gasteiger charge is 2.33. The topological polar surface area (TPSA) is 69.6 Å². The molecule has 2 N–H and O–H groups in total. The highest BCUT2D eigenvalue weighted by Crippen LogP contribution is 2.34. The molecule has 0 spiro atoms. The number of nitrogens with zero attached hydrogens (tertiary/aromatic N) is 1. The molecule has 0 unspecified atom stereocenters. The molecule has 25 heavy (non-hydrogen) atoms. The fourth-order valence-electron chi connectivity index (χ4n) is 3.89. The molecule has 2 aliphatic rings. The van der Waals surface area contributed by atoms with Crippen LogP contribution in [0.2, 0.25) is 0 Å². The lowest BCUT2D eigenvalue weighted by molar-refractivity contribution is -0.134. The summed E-state index contributed by atoms with van der Waals surface area (Å²) < 4.78 is 0. The number of benzene rings is 1. The first-order chi connectivity index (χ1) is 12.0. The molecule has 2 amide bonds. The summed E-state index contributed by atoms with van der Waals surface area (Å²) in [5, 5.41) is 12.4. The summed E-state index contributed by atoms with van der Waals surface area (Å²) in [5.41, 5.74) is 3.19. The molecule has 2 heterocycles. The molecule has 1 fully saturated rings. The van der Waals surface area contributed by atoms with E-state index in [0.29, 0.717) is 12.8 Å². The molecule has 5 nitrogen and oxygen atoms in total. The van der Waals surface area contributed by atoms with Gasteiger partial charge in [-0.05, 0) is 54.7 Å². The maximum atomic E-state index is 12.4. The normalized spacial score (nSPS) is 18.8. The third kappa shape index (κ3) is 4.03. The maximum Gasteiger partial charge on any atom is 0.228 e. The Morgan fingerprint density at radius 1 is 1.32 bits per heavy atom. The van der Waals surface area contributed by atoms with E-state index < -0.39 is 0 Å². The summed E-state index contributed by atoms with van der Waals surface area (Å²) in [7, 11) is 0. The minimum Gasteiger partial charge on any atom is -0.396 e. The standard InChI is InChI=1S/C20H28N2O3/c1-2-20(14-23)8-10-22(11-9-20)19(25)5-3-4-15-6-7-17-16(12-15)13-18(24)21-17/h6-7,12,23H,2-5,8-11,13-14H2,1H3,(H,21,24). The van der Waals surface area contributed by atoms with E-state index in [2.05, 4.69) is 18.3 Å². The molecular formula is C20H28N2O3. The first kappa shape index (κ1) is 17.9. The van der Waals surface area contributed by atoms with Gasteiger partial charge in [0.15, 0.2) is 0 Å². The van der Waals surface area contributed by atoms with E-state index in [-0.39, 0.29) is 23.8 Å². The number of likely N-dealkylation sites (tertiary alicyclic amines) is 1. The van der Waals surface area contributed by atoms with Gasteiger partial charge in [0.25, 0.3) is 0 Å². The number of amides is 2. The Hall–Kier alpha value is -1.88. The number of aryl methyl sites for hydroxylation is 1. The van der Waals surface area contributed by atoms with Gasteiger partial charge in [-0.3, -0.25) is 9.59 Å². The summed E-state index contributed by atoms with van der Waals surface area (Å²) in [6, 6.07) is 6.07. The van der Waals surface area contributed by atoms with Gasteiger partial charge in [0.2, 0.25) is 11.8 Å². The zero-order valence-corrected chi connectivity index (χ0v) is 15.0. The monoisotopic (exact) mass is 344 g/mol. The molecule has 0 radical (unpaired) electrons. The van der Waals surface area contributed by atoms with Gasteiger partial charge in [-0.1, -0.05) is 19.1 Å². The fourth-order valence-corrected chi connectivity index (χ4v) is 3.89. The number of carbonyl (C=O) groups is 2. The molecule has 0 saturated carbocycles. The summed E-state index contributed by atoms with van der Waals surface area (Å²) in [5.74, 6) is 0.277. The number of aliphatic hydroxyl groups is 1. The summed E-state index contributed by atoms with van der Waals surface area (Å²) in [4.78, 5) is 25.8. The van der Waals surface area contributed by atoms with Crippen LogP contribution in [0.5, 0.6) is 0 Å². The molecule has 0 aliphatic carbocycles. The average Bonchev–Trinajstić information content (AvgIpc) is 3.01. The Balaban J connectivity index is 1.45. The van der Waals surface area contributed by atoms with Crippen molar-refractivity contribution in [3.05, 3.63) is 29.3 Å². The van der Waals surface area contributed by atoms with Crippen molar-refractivity contribution in [1.82, 2.24) is 4.90 Å². The Morgan fingerprint density at radius 3 is 2.76 bits per heavy atom. The summed E-state index contributed by atoms with van der Waals surface area (Å²) in [6.07, 6.45) is 5.48. The molecule has 0 aromatic heterocycles. The molecule has 3 rings (SSSR count). The van der Waals surface area contributed by atoms with Crippen LogP contribution in [-0.4, -0.2) is 41.5 Å². The fraction of sp³-hybridized carbons (Fsp3) is 0.600. The average molecular weight is 344 g/mol. The van der Waals surface area contributed by atoms with Gasteiger partial charge in [-0.2, -0.15) is 0 Å². The Bertz CT molecular complexity index is 642. The molecule has 1 saturated heterocycles. The molecule has 5 heteroatoms. The van der Waals surface area contributed by atoms with E-state index in [1.807, 2.05) is 17.0 Å². The van der Waals surface area contributed by atoms with Crippen molar-refractivity contribution in [2.75, 3.05) is 25.0 Å². The number of aliphatic hydroxyl groups excluding tert-OH is 1. The van der Waals surface area contributed by atoms with Crippen molar-refractivity contribution in [3.8, 4) is 0 Å². The molecule has 0 bridgehead atoms. The maximum absolute atomic E-state index is 12.4. The number of piperidine rings is 1. The molecule has 1 aromatic rings. The van der Waals surface area contributed by atoms with Crippen LogP contribution in [0.25, 0.3) is 0 Å². The quantitative estimate of drug-likeness (QED) is 0.833. The predicted octanol–water partition coefficient (Wildman–Crippen LogP) is 2.52. The van der Waals surface area contributed by atoms with E-state index in [9.17, 15) is 14.7 Å². The number of anilines is 1. The first-order valence-electron chi connectivity index (χ1n) is 9.35. The van der Waals surface area contributed by atoms with Gasteiger partial charge >= 0.3 is 0 Å². The van der Waals surface area contributed by atoms with Crippen LogP contribution in [0.4, 0.5) is 5.69 Å². The molecule has 136 valence electrons. The lowest BCUT2D eigenvalue weighted by Gasteiger charge is -2.40. The third-order valence-corrected chi connectivity index (χ3v) is 5.91. The van der Waals surface area contributed by atoms with Crippen molar-refractivity contribution in [1.29, 1.82) is 0 Å². The predicted molar refractivity (Wildman–Crippen MR) is 97.3 cm³/mol. The lowest BCUT2D eigenvalue weighted by atomic mass is 9.77. The van der Waals surface area contributed by atoms with Gasteiger partial charge in [-0.25, -0.2) is 0 Å². The van der Waals surface area contributed by atoms with Gasteiger partial charge in [0.1, 0.15) is 0 Å². The van der Waals surface area contributed by atoms with E-state index >= 15 is 0 Å². The van der Waals surface area contributed by atoms with Crippen molar-refractivity contribution in [2.24, 2.45) is 5.41 Å². The van der Waals surface area contributed by atoms with Gasteiger partial charge < -0.3 is 15.3 Å². The first-order valence-corrected chi connectivity index (χ1v) is 9.35. The zero-order chi connectivity index (χ0) is 17.9. The van der Waals surface area contributed by atoms with E-state index in [1.165, 1.54) is 5.56 Å². The number of hydrogen-bond acceptors (Lipinski definition) is 3. The van der Waals surface area contributed by atoms with Crippen molar-refractivity contribution in [3.63, 3.8) is 0 Å². The molecular weight excluding hydrogens is 316 g/mol. The van der Waals surface area contributed by atoms with Crippen LogP contribution in [0, 0.1) is 5.41 Å². The molecule has 2 aliphatic heterocycles. The van der Waals surface area contributed by atoms with Crippen LogP contribution < -0.4 is 5.32 Å². The Labute approximate surface area is 149 Å². The van der Waals surface area contributed by atoms with E-state index in [0.717, 1.165) is 56.4 Å². The minimum atomic E-state index is 0.0205. The van der Waals surface area contributed by atoms with Gasteiger partial charge in [-0.15, -0.1) is 0 Å². The van der Waals surface area contributed by atoms with Crippen molar-refractivity contribution < 1.29 is 14.7 Å². The summed E-state index contributed by atoms with van der Waals surface area (Å²) >= 11 is 0. The highest BCUT2D eigenvalue weighted by molar-refractivity contribution is 5.99. The second kappa shape index (κ2) is 7.56. The number of hydrogen-bond donors (Lipinski definition) is 2. The second-order valence-electron chi connectivity index (χ2n) is 7.46.